The molecule has 3 saturated heterocycles. The summed E-state index contributed by atoms with van der Waals surface area (Å²) in [5.74, 6) is 0.677. The number of rotatable bonds is 1. The monoisotopic (exact) mass is 152 g/mol. The van der Waals surface area contributed by atoms with Crippen molar-refractivity contribution in [2.75, 3.05) is 19.6 Å². The molecule has 2 bridgehead atoms. The van der Waals surface area contributed by atoms with E-state index in [2.05, 4.69) is 14.9 Å². The van der Waals surface area contributed by atoms with Gasteiger partial charge in [0.25, 0.3) is 0 Å². The van der Waals surface area contributed by atoms with Gasteiger partial charge in [0.2, 0.25) is 0 Å². The molecular formula is C7H12N4. The van der Waals surface area contributed by atoms with Crippen LogP contribution in [0.25, 0.3) is 10.4 Å². The van der Waals surface area contributed by atoms with Crippen molar-refractivity contribution < 1.29 is 0 Å². The molecule has 0 radical (unpaired) electrons. The lowest BCUT2D eigenvalue weighted by Crippen LogP contribution is -2.49. The number of fused-ring (bicyclic) bond motifs is 3. The molecule has 4 nitrogen and oxygen atoms in total. The summed E-state index contributed by atoms with van der Waals surface area (Å²) in [5, 5.41) is 3.81. The molecule has 0 N–H and O–H groups in total. The van der Waals surface area contributed by atoms with Crippen LogP contribution in [0.5, 0.6) is 0 Å². The van der Waals surface area contributed by atoms with Crippen molar-refractivity contribution in [2.45, 2.75) is 18.9 Å². The third-order valence-electron chi connectivity index (χ3n) is 2.82. The van der Waals surface area contributed by atoms with Gasteiger partial charge in [0, 0.05) is 11.5 Å². The molecule has 0 unspecified atom stereocenters. The highest BCUT2D eigenvalue weighted by molar-refractivity contribution is 4.90. The van der Waals surface area contributed by atoms with Crippen molar-refractivity contribution in [1.82, 2.24) is 4.90 Å². The van der Waals surface area contributed by atoms with Gasteiger partial charge in [-0.1, -0.05) is 5.11 Å². The highest BCUT2D eigenvalue weighted by Gasteiger charge is 2.33. The van der Waals surface area contributed by atoms with Crippen LogP contribution in [0.1, 0.15) is 12.8 Å². The number of azide groups is 1. The Balaban J connectivity index is 2.08. The van der Waals surface area contributed by atoms with Crippen LogP contribution in [0.3, 0.4) is 0 Å². The summed E-state index contributed by atoms with van der Waals surface area (Å²) >= 11 is 0. The fourth-order valence-corrected chi connectivity index (χ4v) is 2.13. The molecule has 0 amide bonds. The Morgan fingerprint density at radius 1 is 1.36 bits per heavy atom. The van der Waals surface area contributed by atoms with Gasteiger partial charge in [-0.05, 0) is 37.4 Å². The standard InChI is InChI=1S/C7H12N4/c8-10-9-7-5-11-3-1-6(7)2-4-11/h6-7H,1-5H2/t7-/m1/s1. The van der Waals surface area contributed by atoms with Gasteiger partial charge in [-0.3, -0.25) is 0 Å². The van der Waals surface area contributed by atoms with Crippen molar-refractivity contribution in [3.8, 4) is 0 Å². The zero-order valence-electron chi connectivity index (χ0n) is 6.48. The lowest BCUT2D eigenvalue weighted by molar-refractivity contribution is 0.0898. The Labute approximate surface area is 65.8 Å². The van der Waals surface area contributed by atoms with E-state index in [9.17, 15) is 0 Å². The predicted octanol–water partition coefficient (Wildman–Crippen LogP) is 1.39. The molecular weight excluding hydrogens is 140 g/mol. The maximum absolute atomic E-state index is 8.29. The first-order valence-corrected chi connectivity index (χ1v) is 4.16. The molecule has 4 heteroatoms. The lowest BCUT2D eigenvalue weighted by atomic mass is 9.85. The van der Waals surface area contributed by atoms with Crippen LogP contribution >= 0.6 is 0 Å². The van der Waals surface area contributed by atoms with Gasteiger partial charge in [-0.2, -0.15) is 0 Å². The van der Waals surface area contributed by atoms with E-state index < -0.39 is 0 Å². The van der Waals surface area contributed by atoms with E-state index in [-0.39, 0.29) is 6.04 Å². The van der Waals surface area contributed by atoms with Crippen molar-refractivity contribution in [3.63, 3.8) is 0 Å². The van der Waals surface area contributed by atoms with Gasteiger partial charge < -0.3 is 4.90 Å². The van der Waals surface area contributed by atoms with Crippen LogP contribution in [0, 0.1) is 5.92 Å². The van der Waals surface area contributed by atoms with E-state index in [0.717, 1.165) is 6.54 Å². The van der Waals surface area contributed by atoms with E-state index in [1.165, 1.54) is 25.9 Å². The Bertz CT molecular complexity index is 189. The minimum absolute atomic E-state index is 0.266. The second-order valence-corrected chi connectivity index (χ2v) is 3.41. The molecule has 3 heterocycles. The van der Waals surface area contributed by atoms with Gasteiger partial charge in [0.1, 0.15) is 0 Å². The van der Waals surface area contributed by atoms with E-state index in [1.807, 2.05) is 0 Å². The molecule has 0 aromatic heterocycles. The molecule has 1 atom stereocenters. The minimum Gasteiger partial charge on any atom is -0.303 e. The molecule has 3 rings (SSSR count). The average Bonchev–Trinajstić information content (AvgIpc) is 2.07. The highest BCUT2D eigenvalue weighted by atomic mass is 15.2. The lowest BCUT2D eigenvalue weighted by Gasteiger charge is -2.42. The van der Waals surface area contributed by atoms with Gasteiger partial charge in [-0.15, -0.1) is 0 Å². The minimum atomic E-state index is 0.266. The number of piperidine rings is 3. The molecule has 3 fully saturated rings. The van der Waals surface area contributed by atoms with Gasteiger partial charge in [-0.25, -0.2) is 0 Å². The maximum Gasteiger partial charge on any atom is 0.0530 e. The molecule has 60 valence electrons. The van der Waals surface area contributed by atoms with E-state index >= 15 is 0 Å². The Hall–Kier alpha value is -0.730. The van der Waals surface area contributed by atoms with Crippen LogP contribution in [0.2, 0.25) is 0 Å². The van der Waals surface area contributed by atoms with Crippen LogP contribution in [0.4, 0.5) is 0 Å². The van der Waals surface area contributed by atoms with E-state index in [0.29, 0.717) is 5.92 Å². The molecule has 0 saturated carbocycles. The molecule has 0 aromatic carbocycles. The summed E-state index contributed by atoms with van der Waals surface area (Å²) in [6.45, 7) is 3.42. The first-order valence-electron chi connectivity index (χ1n) is 4.16. The van der Waals surface area contributed by atoms with Crippen LogP contribution < -0.4 is 0 Å². The van der Waals surface area contributed by atoms with Crippen molar-refractivity contribution in [2.24, 2.45) is 11.0 Å². The summed E-state index contributed by atoms with van der Waals surface area (Å²) in [5.41, 5.74) is 8.29. The molecule has 0 spiro atoms. The predicted molar refractivity (Wildman–Crippen MR) is 42.1 cm³/mol. The van der Waals surface area contributed by atoms with E-state index in [4.69, 9.17) is 5.53 Å². The number of nitrogens with zero attached hydrogens (tertiary/aromatic N) is 4. The second-order valence-electron chi connectivity index (χ2n) is 3.41. The second kappa shape index (κ2) is 2.72. The fraction of sp³-hybridized carbons (Fsp3) is 1.00. The van der Waals surface area contributed by atoms with Gasteiger partial charge >= 0.3 is 0 Å². The maximum atomic E-state index is 8.29. The zero-order chi connectivity index (χ0) is 7.68. The molecule has 3 aliphatic rings. The largest absolute Gasteiger partial charge is 0.303 e. The van der Waals surface area contributed by atoms with Crippen LogP contribution in [0.15, 0.2) is 5.11 Å². The highest BCUT2D eigenvalue weighted by Crippen LogP contribution is 2.29. The summed E-state index contributed by atoms with van der Waals surface area (Å²) in [7, 11) is 0. The van der Waals surface area contributed by atoms with Crippen molar-refractivity contribution >= 4 is 0 Å². The summed E-state index contributed by atoms with van der Waals surface area (Å²) < 4.78 is 0. The summed E-state index contributed by atoms with van der Waals surface area (Å²) in [4.78, 5) is 5.26. The zero-order valence-corrected chi connectivity index (χ0v) is 6.48. The fourth-order valence-electron chi connectivity index (χ4n) is 2.13. The number of hydrogen-bond acceptors (Lipinski definition) is 2. The molecule has 3 aliphatic heterocycles. The first-order chi connectivity index (χ1) is 5.40. The van der Waals surface area contributed by atoms with Gasteiger partial charge in [0.05, 0.1) is 6.04 Å². The molecule has 11 heavy (non-hydrogen) atoms. The van der Waals surface area contributed by atoms with Crippen molar-refractivity contribution in [3.05, 3.63) is 10.4 Å². The van der Waals surface area contributed by atoms with Crippen LogP contribution in [-0.4, -0.2) is 30.6 Å². The SMILES string of the molecule is [N-]=[N+]=N[C@@H]1CN2CCC1CC2. The molecule has 0 aliphatic carbocycles. The van der Waals surface area contributed by atoms with E-state index in [1.54, 1.807) is 0 Å². The summed E-state index contributed by atoms with van der Waals surface area (Å²) in [6, 6.07) is 0.266. The first kappa shape index (κ1) is 6.95. The molecule has 0 aromatic rings. The van der Waals surface area contributed by atoms with Crippen molar-refractivity contribution in [1.29, 1.82) is 0 Å². The topological polar surface area (TPSA) is 52.0 Å². The van der Waals surface area contributed by atoms with Crippen LogP contribution in [-0.2, 0) is 0 Å². The third-order valence-corrected chi connectivity index (χ3v) is 2.82. The normalized spacial score (nSPS) is 41.6. The quantitative estimate of drug-likeness (QED) is 0.318. The third kappa shape index (κ3) is 1.19. The smallest absolute Gasteiger partial charge is 0.0530 e. The number of hydrogen-bond donors (Lipinski definition) is 0. The Morgan fingerprint density at radius 2 is 2.09 bits per heavy atom. The Morgan fingerprint density at radius 3 is 2.55 bits per heavy atom. The van der Waals surface area contributed by atoms with Gasteiger partial charge in [0.15, 0.2) is 0 Å². The summed E-state index contributed by atoms with van der Waals surface area (Å²) in [6.07, 6.45) is 2.45. The average molecular weight is 152 g/mol. The Kier molecular flexibility index (Phi) is 1.72.